The summed E-state index contributed by atoms with van der Waals surface area (Å²) in [5.74, 6) is 0.670. The third kappa shape index (κ3) is 1.76. The minimum Gasteiger partial charge on any atom is -0.462 e. The molecule has 0 amide bonds. The van der Waals surface area contributed by atoms with Crippen molar-refractivity contribution >= 4 is 0 Å². The minimum atomic E-state index is -0.759. The van der Waals surface area contributed by atoms with Crippen LogP contribution in [-0.2, 0) is 0 Å². The molecule has 0 fully saturated rings. The molecule has 0 aromatic heterocycles. The highest BCUT2D eigenvalue weighted by molar-refractivity contribution is 5.42. The van der Waals surface area contributed by atoms with E-state index in [4.69, 9.17) is 4.74 Å². The Labute approximate surface area is 72.2 Å². The summed E-state index contributed by atoms with van der Waals surface area (Å²) in [7, 11) is 0. The second kappa shape index (κ2) is 3.57. The van der Waals surface area contributed by atoms with E-state index >= 15 is 0 Å². The normalized spacial score (nSPS) is 10.0. The third-order valence-electron chi connectivity index (χ3n) is 1.80. The van der Waals surface area contributed by atoms with E-state index in [1.54, 1.807) is 0 Å². The molecule has 0 unspecified atom stereocenters. The molecule has 12 heavy (non-hydrogen) atoms. The second-order valence-electron chi connectivity index (χ2n) is 2.98. The predicted octanol–water partition coefficient (Wildman–Crippen LogP) is 2.92. The van der Waals surface area contributed by atoms with Gasteiger partial charge in [-0.2, -0.15) is 0 Å². The molecule has 0 aliphatic rings. The van der Waals surface area contributed by atoms with Crippen LogP contribution in [0.3, 0.4) is 0 Å². The topological polar surface area (TPSA) is 9.23 Å². The number of ether oxygens (including phenoxy) is 1. The number of alkyl halides is 1. The van der Waals surface area contributed by atoms with Gasteiger partial charge in [-0.1, -0.05) is 17.7 Å². The molecular formula is C10H13FO. The highest BCUT2D eigenvalue weighted by atomic mass is 19.1. The van der Waals surface area contributed by atoms with Gasteiger partial charge >= 0.3 is 0 Å². The van der Waals surface area contributed by atoms with Gasteiger partial charge in [0.15, 0.2) is 0 Å². The standard InChI is InChI=1S/C10H13FO/c1-7-4-8(2)10(12-6-11)9(3)5-7/h4-5H,6H2,1-3H3. The molecule has 66 valence electrons. The van der Waals surface area contributed by atoms with Gasteiger partial charge in [-0.15, -0.1) is 0 Å². The van der Waals surface area contributed by atoms with Crippen molar-refractivity contribution in [2.24, 2.45) is 0 Å². The lowest BCUT2D eigenvalue weighted by Crippen LogP contribution is -1.96. The maximum absolute atomic E-state index is 11.9. The average molecular weight is 168 g/mol. The zero-order valence-corrected chi connectivity index (χ0v) is 7.65. The van der Waals surface area contributed by atoms with Crippen molar-refractivity contribution < 1.29 is 9.13 Å². The van der Waals surface area contributed by atoms with Crippen molar-refractivity contribution in [3.63, 3.8) is 0 Å². The largest absolute Gasteiger partial charge is 0.462 e. The predicted molar refractivity (Wildman–Crippen MR) is 47.3 cm³/mol. The summed E-state index contributed by atoms with van der Waals surface area (Å²) in [5.41, 5.74) is 3.16. The summed E-state index contributed by atoms with van der Waals surface area (Å²) in [4.78, 5) is 0. The lowest BCUT2D eigenvalue weighted by molar-refractivity contribution is 0.189. The van der Waals surface area contributed by atoms with Crippen LogP contribution in [0.15, 0.2) is 12.1 Å². The molecule has 0 N–H and O–H groups in total. The first-order valence-electron chi connectivity index (χ1n) is 3.91. The van der Waals surface area contributed by atoms with Crippen molar-refractivity contribution in [3.8, 4) is 5.75 Å². The van der Waals surface area contributed by atoms with E-state index in [1.807, 2.05) is 32.9 Å². The Balaban J connectivity index is 3.10. The molecule has 0 radical (unpaired) electrons. The smallest absolute Gasteiger partial charge is 0.228 e. The zero-order valence-electron chi connectivity index (χ0n) is 7.65. The molecule has 0 heterocycles. The molecule has 0 aliphatic carbocycles. The van der Waals surface area contributed by atoms with Gasteiger partial charge in [-0.25, -0.2) is 4.39 Å². The first-order chi connectivity index (χ1) is 5.65. The molecular weight excluding hydrogens is 155 g/mol. The average Bonchev–Trinajstić information content (AvgIpc) is 1.96. The van der Waals surface area contributed by atoms with Crippen LogP contribution in [0.4, 0.5) is 4.39 Å². The number of hydrogen-bond donors (Lipinski definition) is 0. The Morgan fingerprint density at radius 2 is 1.67 bits per heavy atom. The van der Waals surface area contributed by atoms with Crippen LogP contribution in [0.25, 0.3) is 0 Å². The summed E-state index contributed by atoms with van der Waals surface area (Å²) < 4.78 is 16.8. The van der Waals surface area contributed by atoms with Crippen LogP contribution >= 0.6 is 0 Å². The van der Waals surface area contributed by atoms with Gasteiger partial charge in [0, 0.05) is 0 Å². The molecule has 0 bridgehead atoms. The molecule has 1 nitrogen and oxygen atoms in total. The fraction of sp³-hybridized carbons (Fsp3) is 0.400. The maximum Gasteiger partial charge on any atom is 0.228 e. The number of hydrogen-bond acceptors (Lipinski definition) is 1. The van der Waals surface area contributed by atoms with Crippen molar-refractivity contribution in [1.82, 2.24) is 0 Å². The Morgan fingerprint density at radius 1 is 1.17 bits per heavy atom. The Kier molecular flexibility index (Phi) is 2.69. The first-order valence-corrected chi connectivity index (χ1v) is 3.91. The quantitative estimate of drug-likeness (QED) is 0.659. The molecule has 1 rings (SSSR count). The second-order valence-corrected chi connectivity index (χ2v) is 2.98. The summed E-state index contributed by atoms with van der Waals surface area (Å²) >= 11 is 0. The fourth-order valence-corrected chi connectivity index (χ4v) is 1.45. The molecule has 0 atom stereocenters. The van der Waals surface area contributed by atoms with E-state index in [1.165, 1.54) is 5.56 Å². The lowest BCUT2D eigenvalue weighted by atomic mass is 10.1. The first kappa shape index (κ1) is 9.04. The van der Waals surface area contributed by atoms with Crippen LogP contribution < -0.4 is 4.74 Å². The Bertz CT molecular complexity index is 258. The number of aryl methyl sites for hydroxylation is 3. The van der Waals surface area contributed by atoms with Crippen LogP contribution in [0.1, 0.15) is 16.7 Å². The van der Waals surface area contributed by atoms with E-state index in [0.29, 0.717) is 5.75 Å². The molecule has 1 aromatic carbocycles. The molecule has 0 saturated carbocycles. The van der Waals surface area contributed by atoms with Crippen molar-refractivity contribution in [2.45, 2.75) is 20.8 Å². The van der Waals surface area contributed by atoms with Gasteiger partial charge in [0.25, 0.3) is 0 Å². The molecule has 0 aliphatic heterocycles. The summed E-state index contributed by atoms with van der Waals surface area (Å²) in [6.45, 7) is 5.10. The SMILES string of the molecule is Cc1cc(C)c(OCF)c(C)c1. The molecule has 0 spiro atoms. The van der Waals surface area contributed by atoms with Crippen LogP contribution in [0.5, 0.6) is 5.75 Å². The zero-order chi connectivity index (χ0) is 9.14. The van der Waals surface area contributed by atoms with Crippen molar-refractivity contribution in [2.75, 3.05) is 6.86 Å². The van der Waals surface area contributed by atoms with Gasteiger partial charge in [0.05, 0.1) is 0 Å². The molecule has 2 heteroatoms. The van der Waals surface area contributed by atoms with E-state index < -0.39 is 6.86 Å². The van der Waals surface area contributed by atoms with Gasteiger partial charge in [-0.3, -0.25) is 0 Å². The lowest BCUT2D eigenvalue weighted by Gasteiger charge is -2.09. The summed E-state index contributed by atoms with van der Waals surface area (Å²) in [6.07, 6.45) is 0. The van der Waals surface area contributed by atoms with E-state index in [-0.39, 0.29) is 0 Å². The van der Waals surface area contributed by atoms with Crippen LogP contribution in [-0.4, -0.2) is 6.86 Å². The van der Waals surface area contributed by atoms with Crippen molar-refractivity contribution in [3.05, 3.63) is 28.8 Å². The van der Waals surface area contributed by atoms with Gasteiger partial charge in [-0.05, 0) is 31.9 Å². The van der Waals surface area contributed by atoms with Gasteiger partial charge in [0.1, 0.15) is 5.75 Å². The van der Waals surface area contributed by atoms with E-state index in [2.05, 4.69) is 0 Å². The monoisotopic (exact) mass is 168 g/mol. The number of halogens is 1. The highest BCUT2D eigenvalue weighted by Gasteiger charge is 2.03. The third-order valence-corrected chi connectivity index (χ3v) is 1.80. The van der Waals surface area contributed by atoms with Gasteiger partial charge < -0.3 is 4.74 Å². The summed E-state index contributed by atoms with van der Waals surface area (Å²) in [5, 5.41) is 0. The van der Waals surface area contributed by atoms with E-state index in [0.717, 1.165) is 11.1 Å². The summed E-state index contributed by atoms with van der Waals surface area (Å²) in [6, 6.07) is 3.97. The minimum absolute atomic E-state index is 0.670. The number of benzene rings is 1. The van der Waals surface area contributed by atoms with Crippen molar-refractivity contribution in [1.29, 1.82) is 0 Å². The maximum atomic E-state index is 11.9. The highest BCUT2D eigenvalue weighted by Crippen LogP contribution is 2.24. The van der Waals surface area contributed by atoms with E-state index in [9.17, 15) is 4.39 Å². The molecule has 0 saturated heterocycles. The number of rotatable bonds is 2. The fourth-order valence-electron chi connectivity index (χ4n) is 1.45. The van der Waals surface area contributed by atoms with Crippen LogP contribution in [0.2, 0.25) is 0 Å². The Morgan fingerprint density at radius 3 is 2.08 bits per heavy atom. The van der Waals surface area contributed by atoms with Crippen LogP contribution in [0, 0.1) is 20.8 Å². The van der Waals surface area contributed by atoms with Gasteiger partial charge in [0.2, 0.25) is 6.86 Å². The Hall–Kier alpha value is -1.05. The molecule has 1 aromatic rings.